The number of nitrogens with one attached hydrogen (secondary N) is 1. The molecule has 1 aliphatic rings. The zero-order valence-electron chi connectivity index (χ0n) is 7.86. The Morgan fingerprint density at radius 2 is 2.00 bits per heavy atom. The summed E-state index contributed by atoms with van der Waals surface area (Å²) in [5.41, 5.74) is 3.26. The summed E-state index contributed by atoms with van der Waals surface area (Å²) < 4.78 is 13.4. The number of benzene rings is 1. The van der Waals surface area contributed by atoms with E-state index in [4.69, 9.17) is 0 Å². The third-order valence-electron chi connectivity index (χ3n) is 2.52. The van der Waals surface area contributed by atoms with E-state index in [1.54, 1.807) is 6.07 Å². The van der Waals surface area contributed by atoms with Gasteiger partial charge < -0.3 is 5.32 Å². The molecule has 0 aromatic heterocycles. The highest BCUT2D eigenvalue weighted by Gasteiger charge is 2.13. The molecule has 1 aliphatic heterocycles. The fourth-order valence-electron chi connectivity index (χ4n) is 1.83. The first-order chi connectivity index (χ1) is 6.31. The number of halogens is 1. The van der Waals surface area contributed by atoms with Crippen LogP contribution in [0.4, 0.5) is 4.39 Å². The molecule has 1 heterocycles. The molecule has 0 unspecified atom stereocenters. The van der Waals surface area contributed by atoms with Gasteiger partial charge in [0.25, 0.3) is 0 Å². The maximum atomic E-state index is 13.4. The van der Waals surface area contributed by atoms with Crippen molar-refractivity contribution in [3.63, 3.8) is 0 Å². The second-order valence-electron chi connectivity index (χ2n) is 3.57. The van der Waals surface area contributed by atoms with Crippen molar-refractivity contribution in [3.8, 4) is 0 Å². The van der Waals surface area contributed by atoms with Crippen LogP contribution in [0.3, 0.4) is 0 Å². The van der Waals surface area contributed by atoms with Crippen LogP contribution in [0.15, 0.2) is 12.1 Å². The number of fused-ring (bicyclic) bond motifs is 1. The Hall–Kier alpha value is -0.890. The fraction of sp³-hybridized carbons (Fsp3) is 0.455. The molecule has 2 heteroatoms. The lowest BCUT2D eigenvalue weighted by atomic mass is 10.0. The molecule has 1 N–H and O–H groups in total. The van der Waals surface area contributed by atoms with Gasteiger partial charge in [-0.3, -0.25) is 0 Å². The molecule has 0 radical (unpaired) electrons. The maximum absolute atomic E-state index is 13.4. The van der Waals surface area contributed by atoms with Gasteiger partial charge in [-0.25, -0.2) is 4.39 Å². The van der Waals surface area contributed by atoms with Crippen molar-refractivity contribution < 1.29 is 4.39 Å². The van der Waals surface area contributed by atoms with Gasteiger partial charge in [0.15, 0.2) is 0 Å². The van der Waals surface area contributed by atoms with E-state index in [0.717, 1.165) is 37.1 Å². The molecule has 0 spiro atoms. The Bertz CT molecular complexity index is 320. The largest absolute Gasteiger partial charge is 0.309 e. The van der Waals surface area contributed by atoms with Gasteiger partial charge >= 0.3 is 0 Å². The number of hydrogen-bond donors (Lipinski definition) is 1. The van der Waals surface area contributed by atoms with E-state index in [9.17, 15) is 4.39 Å². The van der Waals surface area contributed by atoms with Crippen LogP contribution in [0, 0.1) is 5.82 Å². The van der Waals surface area contributed by atoms with E-state index in [1.165, 1.54) is 5.56 Å². The van der Waals surface area contributed by atoms with Crippen LogP contribution in [-0.4, -0.2) is 0 Å². The van der Waals surface area contributed by atoms with E-state index in [1.807, 2.05) is 6.07 Å². The highest BCUT2D eigenvalue weighted by molar-refractivity contribution is 5.35. The Labute approximate surface area is 78.0 Å². The third kappa shape index (κ3) is 1.59. The van der Waals surface area contributed by atoms with Gasteiger partial charge in [0.05, 0.1) is 0 Å². The second kappa shape index (κ2) is 3.46. The Morgan fingerprint density at radius 1 is 1.31 bits per heavy atom. The monoisotopic (exact) mass is 179 g/mol. The minimum absolute atomic E-state index is 0.0377. The maximum Gasteiger partial charge on any atom is 0.126 e. The van der Waals surface area contributed by atoms with Crippen molar-refractivity contribution in [2.45, 2.75) is 32.9 Å². The lowest BCUT2D eigenvalue weighted by Gasteiger charge is -2.04. The van der Waals surface area contributed by atoms with E-state index >= 15 is 0 Å². The van der Waals surface area contributed by atoms with Gasteiger partial charge in [-0.05, 0) is 29.2 Å². The van der Waals surface area contributed by atoms with Gasteiger partial charge in [0, 0.05) is 13.1 Å². The predicted octanol–water partition coefficient (Wildman–Crippen LogP) is 2.38. The molecular weight excluding hydrogens is 165 g/mol. The summed E-state index contributed by atoms with van der Waals surface area (Å²) in [6.07, 6.45) is 1.85. The highest BCUT2D eigenvalue weighted by Crippen LogP contribution is 2.20. The molecule has 1 aromatic rings. The molecular formula is C11H14FN. The molecule has 0 saturated heterocycles. The lowest BCUT2D eigenvalue weighted by molar-refractivity contribution is 0.605. The molecule has 0 fully saturated rings. The average molecular weight is 179 g/mol. The van der Waals surface area contributed by atoms with Gasteiger partial charge in [-0.15, -0.1) is 0 Å². The standard InChI is InChI=1S/C11H14FN/c1-2-3-8-4-9-6-13-7-10(9)5-11(8)12/h4-5,13H,2-3,6-7H2,1H3. The molecule has 0 saturated carbocycles. The summed E-state index contributed by atoms with van der Waals surface area (Å²) >= 11 is 0. The fourth-order valence-corrected chi connectivity index (χ4v) is 1.83. The Morgan fingerprint density at radius 3 is 2.69 bits per heavy atom. The second-order valence-corrected chi connectivity index (χ2v) is 3.57. The van der Waals surface area contributed by atoms with Crippen molar-refractivity contribution >= 4 is 0 Å². The van der Waals surface area contributed by atoms with Crippen LogP contribution in [-0.2, 0) is 19.5 Å². The summed E-state index contributed by atoms with van der Waals surface area (Å²) in [6, 6.07) is 3.69. The SMILES string of the molecule is CCCc1cc2c(cc1F)CNC2. The molecule has 0 atom stereocenters. The lowest BCUT2D eigenvalue weighted by Crippen LogP contribution is -1.99. The minimum atomic E-state index is -0.0377. The zero-order valence-corrected chi connectivity index (χ0v) is 7.86. The normalized spacial score (nSPS) is 14.6. The first kappa shape index (κ1) is 8.70. The predicted molar refractivity (Wildman–Crippen MR) is 50.9 cm³/mol. The third-order valence-corrected chi connectivity index (χ3v) is 2.52. The van der Waals surface area contributed by atoms with Crippen molar-refractivity contribution in [2.75, 3.05) is 0 Å². The summed E-state index contributed by atoms with van der Waals surface area (Å²) in [6.45, 7) is 3.79. The molecule has 0 aliphatic carbocycles. The van der Waals surface area contributed by atoms with Crippen molar-refractivity contribution in [1.82, 2.24) is 5.32 Å². The van der Waals surface area contributed by atoms with Crippen molar-refractivity contribution in [2.24, 2.45) is 0 Å². The van der Waals surface area contributed by atoms with Crippen LogP contribution < -0.4 is 5.32 Å². The van der Waals surface area contributed by atoms with E-state index in [0.29, 0.717) is 0 Å². The van der Waals surface area contributed by atoms with Crippen LogP contribution in [0.2, 0.25) is 0 Å². The van der Waals surface area contributed by atoms with Gasteiger partial charge in [0.2, 0.25) is 0 Å². The highest BCUT2D eigenvalue weighted by atomic mass is 19.1. The molecule has 0 amide bonds. The molecule has 0 bridgehead atoms. The number of rotatable bonds is 2. The first-order valence-electron chi connectivity index (χ1n) is 4.82. The first-order valence-corrected chi connectivity index (χ1v) is 4.82. The van der Waals surface area contributed by atoms with Gasteiger partial charge in [-0.2, -0.15) is 0 Å². The van der Waals surface area contributed by atoms with E-state index in [2.05, 4.69) is 12.2 Å². The summed E-state index contributed by atoms with van der Waals surface area (Å²) in [5.74, 6) is -0.0377. The molecule has 13 heavy (non-hydrogen) atoms. The Kier molecular flexibility index (Phi) is 2.32. The topological polar surface area (TPSA) is 12.0 Å². The summed E-state index contributed by atoms with van der Waals surface area (Å²) in [4.78, 5) is 0. The summed E-state index contributed by atoms with van der Waals surface area (Å²) in [7, 11) is 0. The number of hydrogen-bond acceptors (Lipinski definition) is 1. The van der Waals surface area contributed by atoms with Crippen molar-refractivity contribution in [1.29, 1.82) is 0 Å². The molecule has 1 nitrogen and oxygen atoms in total. The smallest absolute Gasteiger partial charge is 0.126 e. The molecule has 70 valence electrons. The number of aryl methyl sites for hydroxylation is 1. The van der Waals surface area contributed by atoms with Crippen LogP contribution in [0.1, 0.15) is 30.0 Å². The molecule has 1 aromatic carbocycles. The van der Waals surface area contributed by atoms with Crippen LogP contribution in [0.25, 0.3) is 0 Å². The van der Waals surface area contributed by atoms with Crippen LogP contribution in [0.5, 0.6) is 0 Å². The van der Waals surface area contributed by atoms with Gasteiger partial charge in [0.1, 0.15) is 5.82 Å². The van der Waals surface area contributed by atoms with E-state index in [-0.39, 0.29) is 5.82 Å². The molecule has 2 rings (SSSR count). The quantitative estimate of drug-likeness (QED) is 0.735. The summed E-state index contributed by atoms with van der Waals surface area (Å²) in [5, 5.41) is 3.22. The Balaban J connectivity index is 2.37. The van der Waals surface area contributed by atoms with E-state index < -0.39 is 0 Å². The van der Waals surface area contributed by atoms with Crippen LogP contribution >= 0.6 is 0 Å². The average Bonchev–Trinajstić information content (AvgIpc) is 2.52. The minimum Gasteiger partial charge on any atom is -0.309 e. The van der Waals surface area contributed by atoms with Gasteiger partial charge in [-0.1, -0.05) is 19.4 Å². The zero-order chi connectivity index (χ0) is 9.26. The van der Waals surface area contributed by atoms with Crippen molar-refractivity contribution in [3.05, 3.63) is 34.6 Å².